The summed E-state index contributed by atoms with van der Waals surface area (Å²) in [5, 5.41) is 10.4. The lowest BCUT2D eigenvalue weighted by Gasteiger charge is -2.35. The number of hydrogen-bond acceptors (Lipinski definition) is 1. The molecule has 1 nitrogen and oxygen atoms in total. The molecule has 1 aliphatic carbocycles. The minimum Gasteiger partial charge on any atom is -0.388 e. The molecule has 1 aromatic carbocycles. The minimum atomic E-state index is -0.825. The van der Waals surface area contributed by atoms with Gasteiger partial charge in [-0.25, -0.2) is 8.78 Å². The molecule has 3 heteroatoms. The molecule has 0 bridgehead atoms. The molecule has 106 valence electrons. The van der Waals surface area contributed by atoms with Crippen molar-refractivity contribution in [2.45, 2.75) is 46.1 Å². The van der Waals surface area contributed by atoms with E-state index < -0.39 is 17.7 Å². The number of rotatable bonds is 2. The van der Waals surface area contributed by atoms with Crippen LogP contribution in [0, 0.1) is 36.3 Å². The summed E-state index contributed by atoms with van der Waals surface area (Å²) in [7, 11) is 0. The van der Waals surface area contributed by atoms with Crippen LogP contribution in [0.15, 0.2) is 12.1 Å². The molecule has 0 amide bonds. The minimum absolute atomic E-state index is 0.0746. The van der Waals surface area contributed by atoms with Crippen LogP contribution in [0.1, 0.15) is 50.3 Å². The summed E-state index contributed by atoms with van der Waals surface area (Å²) in [6.45, 7) is 5.99. The van der Waals surface area contributed by atoms with Gasteiger partial charge in [0.1, 0.15) is 11.6 Å². The fourth-order valence-electron chi connectivity index (χ4n) is 3.04. The third kappa shape index (κ3) is 2.97. The first-order valence-corrected chi connectivity index (χ1v) is 7.03. The average molecular weight is 268 g/mol. The van der Waals surface area contributed by atoms with E-state index in [0.717, 1.165) is 25.3 Å². The van der Waals surface area contributed by atoms with Crippen LogP contribution in [0.5, 0.6) is 0 Å². The summed E-state index contributed by atoms with van der Waals surface area (Å²) in [6.07, 6.45) is 2.04. The van der Waals surface area contributed by atoms with Gasteiger partial charge in [-0.2, -0.15) is 0 Å². The lowest BCUT2D eigenvalue weighted by Crippen LogP contribution is -2.25. The van der Waals surface area contributed by atoms with Crippen LogP contribution in [-0.4, -0.2) is 5.11 Å². The summed E-state index contributed by atoms with van der Waals surface area (Å²) < 4.78 is 27.1. The van der Waals surface area contributed by atoms with Gasteiger partial charge in [-0.3, -0.25) is 0 Å². The Bertz CT molecular complexity index is 458. The zero-order chi connectivity index (χ0) is 14.2. The van der Waals surface area contributed by atoms with Gasteiger partial charge in [-0.05, 0) is 49.1 Å². The fourth-order valence-corrected chi connectivity index (χ4v) is 3.04. The molecule has 19 heavy (non-hydrogen) atoms. The van der Waals surface area contributed by atoms with Gasteiger partial charge < -0.3 is 5.11 Å². The standard InChI is InChI=1S/C16H22F2O/c1-9-4-5-12(6-10(9)2)16(19)13-7-11(3)14(17)8-15(13)18/h7-10,12,16,19H,4-6H2,1-3H3. The lowest BCUT2D eigenvalue weighted by molar-refractivity contribution is 0.0535. The Labute approximate surface area is 113 Å². The summed E-state index contributed by atoms with van der Waals surface area (Å²) in [5.74, 6) is 0.0766. The quantitative estimate of drug-likeness (QED) is 0.844. The largest absolute Gasteiger partial charge is 0.388 e. The number of hydrogen-bond donors (Lipinski definition) is 1. The van der Waals surface area contributed by atoms with E-state index in [1.54, 1.807) is 6.92 Å². The van der Waals surface area contributed by atoms with E-state index in [9.17, 15) is 13.9 Å². The molecular weight excluding hydrogens is 246 g/mol. The van der Waals surface area contributed by atoms with Crippen LogP contribution in [0.25, 0.3) is 0 Å². The van der Waals surface area contributed by atoms with Crippen LogP contribution in [0.4, 0.5) is 8.78 Å². The second-order valence-corrected chi connectivity index (χ2v) is 6.10. The molecule has 1 aliphatic rings. The van der Waals surface area contributed by atoms with E-state index in [0.29, 0.717) is 17.4 Å². The second-order valence-electron chi connectivity index (χ2n) is 6.10. The highest BCUT2D eigenvalue weighted by atomic mass is 19.1. The topological polar surface area (TPSA) is 20.2 Å². The molecule has 2 rings (SSSR count). The van der Waals surface area contributed by atoms with Crippen LogP contribution in [0.2, 0.25) is 0 Å². The zero-order valence-electron chi connectivity index (χ0n) is 11.8. The fraction of sp³-hybridized carbons (Fsp3) is 0.625. The first kappa shape index (κ1) is 14.4. The monoisotopic (exact) mass is 268 g/mol. The molecule has 1 fully saturated rings. The third-order valence-corrected chi connectivity index (χ3v) is 4.68. The van der Waals surface area contributed by atoms with Crippen molar-refractivity contribution in [3.63, 3.8) is 0 Å². The van der Waals surface area contributed by atoms with Gasteiger partial charge in [0.15, 0.2) is 0 Å². The van der Waals surface area contributed by atoms with Gasteiger partial charge in [0, 0.05) is 11.6 Å². The van der Waals surface area contributed by atoms with Crippen molar-refractivity contribution < 1.29 is 13.9 Å². The zero-order valence-corrected chi connectivity index (χ0v) is 11.8. The number of aliphatic hydroxyl groups is 1. The number of halogens is 2. The molecule has 0 aliphatic heterocycles. The lowest BCUT2D eigenvalue weighted by atomic mass is 9.73. The molecule has 0 radical (unpaired) electrons. The summed E-state index contributed by atoms with van der Waals surface area (Å²) >= 11 is 0. The Hall–Kier alpha value is -0.960. The highest BCUT2D eigenvalue weighted by molar-refractivity contribution is 5.27. The second kappa shape index (κ2) is 5.58. The molecule has 0 saturated heterocycles. The summed E-state index contributed by atoms with van der Waals surface area (Å²) in [6, 6.07) is 2.32. The van der Waals surface area contributed by atoms with Gasteiger partial charge in [0.05, 0.1) is 6.10 Å². The predicted molar refractivity (Wildman–Crippen MR) is 71.7 cm³/mol. The van der Waals surface area contributed by atoms with E-state index >= 15 is 0 Å². The van der Waals surface area contributed by atoms with Crippen molar-refractivity contribution in [1.82, 2.24) is 0 Å². The highest BCUT2D eigenvalue weighted by Crippen LogP contribution is 2.40. The van der Waals surface area contributed by atoms with Crippen molar-refractivity contribution in [3.05, 3.63) is 34.9 Å². The van der Waals surface area contributed by atoms with Crippen LogP contribution in [0.3, 0.4) is 0 Å². The molecule has 0 spiro atoms. The molecule has 1 N–H and O–H groups in total. The molecule has 1 aromatic rings. The first-order chi connectivity index (χ1) is 8.90. The maximum absolute atomic E-state index is 13.8. The smallest absolute Gasteiger partial charge is 0.131 e. The number of benzene rings is 1. The Morgan fingerprint density at radius 2 is 1.79 bits per heavy atom. The van der Waals surface area contributed by atoms with Crippen molar-refractivity contribution in [2.24, 2.45) is 17.8 Å². The number of aryl methyl sites for hydroxylation is 1. The predicted octanol–water partition coefficient (Wildman–Crippen LogP) is 4.38. The van der Waals surface area contributed by atoms with E-state index in [4.69, 9.17) is 0 Å². The van der Waals surface area contributed by atoms with Crippen LogP contribution in [-0.2, 0) is 0 Å². The Balaban J connectivity index is 2.20. The van der Waals surface area contributed by atoms with Crippen molar-refractivity contribution in [2.75, 3.05) is 0 Å². The first-order valence-electron chi connectivity index (χ1n) is 7.03. The van der Waals surface area contributed by atoms with Gasteiger partial charge in [-0.15, -0.1) is 0 Å². The number of aliphatic hydroxyl groups excluding tert-OH is 1. The van der Waals surface area contributed by atoms with Crippen LogP contribution < -0.4 is 0 Å². The molecule has 1 saturated carbocycles. The Morgan fingerprint density at radius 3 is 2.42 bits per heavy atom. The average Bonchev–Trinajstić information content (AvgIpc) is 2.36. The maximum Gasteiger partial charge on any atom is 0.131 e. The molecule has 4 unspecified atom stereocenters. The van der Waals surface area contributed by atoms with Crippen molar-refractivity contribution >= 4 is 0 Å². The maximum atomic E-state index is 13.8. The Morgan fingerprint density at radius 1 is 1.11 bits per heavy atom. The highest BCUT2D eigenvalue weighted by Gasteiger charge is 2.31. The van der Waals surface area contributed by atoms with Gasteiger partial charge in [0.25, 0.3) is 0 Å². The van der Waals surface area contributed by atoms with E-state index in [-0.39, 0.29) is 11.5 Å². The van der Waals surface area contributed by atoms with Gasteiger partial charge >= 0.3 is 0 Å². The van der Waals surface area contributed by atoms with Crippen molar-refractivity contribution in [3.8, 4) is 0 Å². The van der Waals surface area contributed by atoms with Crippen molar-refractivity contribution in [1.29, 1.82) is 0 Å². The van der Waals surface area contributed by atoms with E-state index in [2.05, 4.69) is 13.8 Å². The molecule has 0 aromatic heterocycles. The van der Waals surface area contributed by atoms with Gasteiger partial charge in [-0.1, -0.05) is 20.3 Å². The summed E-state index contributed by atoms with van der Waals surface area (Å²) in [4.78, 5) is 0. The van der Waals surface area contributed by atoms with E-state index in [1.165, 1.54) is 6.07 Å². The van der Waals surface area contributed by atoms with E-state index in [1.807, 2.05) is 0 Å². The third-order valence-electron chi connectivity index (χ3n) is 4.68. The normalized spacial score (nSPS) is 29.3. The van der Waals surface area contributed by atoms with Crippen LogP contribution >= 0.6 is 0 Å². The Kier molecular flexibility index (Phi) is 4.24. The summed E-state index contributed by atoms with van der Waals surface area (Å²) in [5.41, 5.74) is 0.623. The molecule has 0 heterocycles. The molecular formula is C16H22F2O. The molecule has 4 atom stereocenters. The van der Waals surface area contributed by atoms with Gasteiger partial charge in [0.2, 0.25) is 0 Å². The SMILES string of the molecule is Cc1cc(C(O)C2CCC(C)C(C)C2)c(F)cc1F.